The number of nitrogens with zero attached hydrogens (tertiary/aromatic N) is 2. The van der Waals surface area contributed by atoms with Crippen LogP contribution in [0.2, 0.25) is 5.02 Å². The fourth-order valence-electron chi connectivity index (χ4n) is 3.09. The maximum absolute atomic E-state index is 9.91. The first-order valence-corrected chi connectivity index (χ1v) is 8.78. The van der Waals surface area contributed by atoms with Crippen LogP contribution in [0.15, 0.2) is 60.7 Å². The van der Waals surface area contributed by atoms with Gasteiger partial charge in [0, 0.05) is 19.5 Å². The lowest BCUT2D eigenvalue weighted by Crippen LogP contribution is -1.96. The smallest absolute Gasteiger partial charge is 0.193 e. The molecule has 0 bridgehead atoms. The minimum absolute atomic E-state index is 0.0446. The first kappa shape index (κ1) is 16.5. The van der Waals surface area contributed by atoms with Gasteiger partial charge < -0.3 is 9.67 Å². The molecule has 1 atom stereocenters. The average molecular weight is 361 g/mol. The van der Waals surface area contributed by atoms with Crippen LogP contribution in [-0.2, 0) is 7.05 Å². The van der Waals surface area contributed by atoms with Gasteiger partial charge in [-0.15, -0.1) is 0 Å². The lowest BCUT2D eigenvalue weighted by molar-refractivity contribution is 0.435. The van der Waals surface area contributed by atoms with Crippen LogP contribution in [0.1, 0.15) is 23.6 Å². The molecule has 1 aromatic carbocycles. The molecule has 1 unspecified atom stereocenters. The van der Waals surface area contributed by atoms with Crippen LogP contribution in [0.3, 0.4) is 0 Å². The number of allylic oxidation sites excluding steroid dienone is 4. The van der Waals surface area contributed by atoms with E-state index in [1.807, 2.05) is 36.4 Å². The summed E-state index contributed by atoms with van der Waals surface area (Å²) >= 11 is 6.50. The van der Waals surface area contributed by atoms with E-state index in [2.05, 4.69) is 35.0 Å². The van der Waals surface area contributed by atoms with E-state index in [9.17, 15) is 5.11 Å². The van der Waals surface area contributed by atoms with Crippen molar-refractivity contribution in [1.29, 1.82) is 0 Å². The second-order valence-electron chi connectivity index (χ2n) is 6.22. The Morgan fingerprint density at radius 2 is 2.04 bits per heavy atom. The molecule has 0 amide bonds. The summed E-state index contributed by atoms with van der Waals surface area (Å²) < 4.78 is 1.66. The third-order valence-corrected chi connectivity index (χ3v) is 4.83. The molecule has 0 saturated carbocycles. The summed E-state index contributed by atoms with van der Waals surface area (Å²) in [6.45, 7) is 0. The van der Waals surface area contributed by atoms with Crippen molar-refractivity contribution in [3.05, 3.63) is 77.0 Å². The molecule has 1 aliphatic carbocycles. The van der Waals surface area contributed by atoms with Crippen LogP contribution in [0.4, 0.5) is 0 Å². The van der Waals surface area contributed by atoms with Gasteiger partial charge in [0.15, 0.2) is 5.88 Å². The third-order valence-electron chi connectivity index (χ3n) is 4.54. The van der Waals surface area contributed by atoms with Crippen LogP contribution in [-0.4, -0.2) is 14.7 Å². The highest BCUT2D eigenvalue weighted by molar-refractivity contribution is 6.33. The van der Waals surface area contributed by atoms with Crippen molar-refractivity contribution >= 4 is 28.2 Å². The normalized spacial score (nSPS) is 19.8. The molecule has 3 aromatic rings. The zero-order chi connectivity index (χ0) is 18.1. The van der Waals surface area contributed by atoms with Crippen molar-refractivity contribution in [2.45, 2.75) is 12.3 Å². The predicted molar refractivity (Wildman–Crippen MR) is 106 cm³/mol. The molecule has 0 fully saturated rings. The third kappa shape index (κ3) is 3.00. The number of rotatable bonds is 2. The SMILES string of the molecule is Cn1c(O)cc2nc(C3=C/CC#CC(c4ccccc4)/C=C\3)c(Cl)cc21. The number of benzene rings is 1. The number of hydrogen-bond acceptors (Lipinski definition) is 2. The molecule has 0 aliphatic heterocycles. The molecule has 4 heteroatoms. The monoisotopic (exact) mass is 360 g/mol. The van der Waals surface area contributed by atoms with E-state index >= 15 is 0 Å². The minimum atomic E-state index is 0.0446. The van der Waals surface area contributed by atoms with Crippen LogP contribution in [0.25, 0.3) is 16.6 Å². The van der Waals surface area contributed by atoms with E-state index in [1.165, 1.54) is 5.56 Å². The Kier molecular flexibility index (Phi) is 4.28. The Labute approximate surface area is 157 Å². The first-order chi connectivity index (χ1) is 12.6. The second-order valence-corrected chi connectivity index (χ2v) is 6.62. The second kappa shape index (κ2) is 6.74. The molecule has 0 radical (unpaired) electrons. The number of aromatic nitrogens is 2. The Hall–Kier alpha value is -2.96. The van der Waals surface area contributed by atoms with E-state index in [-0.39, 0.29) is 11.8 Å². The van der Waals surface area contributed by atoms with Crippen LogP contribution < -0.4 is 0 Å². The molecule has 1 N–H and O–H groups in total. The van der Waals surface area contributed by atoms with Crippen molar-refractivity contribution in [1.82, 2.24) is 9.55 Å². The van der Waals surface area contributed by atoms with Crippen LogP contribution in [0, 0.1) is 11.8 Å². The molecule has 3 nitrogen and oxygen atoms in total. The maximum atomic E-state index is 9.91. The van der Waals surface area contributed by atoms with Gasteiger partial charge >= 0.3 is 0 Å². The summed E-state index contributed by atoms with van der Waals surface area (Å²) in [4.78, 5) is 4.67. The molecular formula is C22H17ClN2O. The highest BCUT2D eigenvalue weighted by atomic mass is 35.5. The molecular weight excluding hydrogens is 344 g/mol. The molecule has 2 aromatic heterocycles. The van der Waals surface area contributed by atoms with E-state index in [0.29, 0.717) is 22.7 Å². The number of aromatic hydroxyl groups is 1. The molecule has 2 heterocycles. The van der Waals surface area contributed by atoms with Gasteiger partial charge in [-0.2, -0.15) is 0 Å². The van der Waals surface area contributed by atoms with E-state index in [0.717, 1.165) is 11.1 Å². The molecule has 0 saturated heterocycles. The summed E-state index contributed by atoms with van der Waals surface area (Å²) in [5.41, 5.74) is 4.33. The van der Waals surface area contributed by atoms with E-state index in [1.54, 1.807) is 17.7 Å². The Morgan fingerprint density at radius 3 is 2.85 bits per heavy atom. The van der Waals surface area contributed by atoms with Crippen molar-refractivity contribution in [2.24, 2.45) is 7.05 Å². The maximum Gasteiger partial charge on any atom is 0.193 e. The van der Waals surface area contributed by atoms with Crippen molar-refractivity contribution in [2.75, 3.05) is 0 Å². The number of pyridine rings is 1. The summed E-state index contributed by atoms with van der Waals surface area (Å²) in [5, 5.41) is 10.5. The lowest BCUT2D eigenvalue weighted by Gasteiger charge is -2.10. The van der Waals surface area contributed by atoms with Crippen LogP contribution >= 0.6 is 11.6 Å². The largest absolute Gasteiger partial charge is 0.494 e. The summed E-state index contributed by atoms with van der Waals surface area (Å²) in [6, 6.07) is 13.7. The molecule has 4 rings (SSSR count). The zero-order valence-corrected chi connectivity index (χ0v) is 15.0. The molecule has 128 valence electrons. The number of halogens is 1. The van der Waals surface area contributed by atoms with Crippen LogP contribution in [0.5, 0.6) is 5.88 Å². The Morgan fingerprint density at radius 1 is 1.23 bits per heavy atom. The van der Waals surface area contributed by atoms with Gasteiger partial charge in [0.2, 0.25) is 0 Å². The quantitative estimate of drug-likeness (QED) is 0.648. The Balaban J connectivity index is 1.75. The zero-order valence-electron chi connectivity index (χ0n) is 14.3. The van der Waals surface area contributed by atoms with Gasteiger partial charge in [0.05, 0.1) is 27.7 Å². The average Bonchev–Trinajstić information content (AvgIpc) is 2.90. The Bertz CT molecular complexity index is 1100. The van der Waals surface area contributed by atoms with Crippen molar-refractivity contribution in [3.8, 4) is 17.7 Å². The highest BCUT2D eigenvalue weighted by Gasteiger charge is 2.14. The number of fused-ring (bicyclic) bond motifs is 1. The van der Waals surface area contributed by atoms with E-state index in [4.69, 9.17) is 11.6 Å². The fraction of sp³-hybridized carbons (Fsp3) is 0.136. The van der Waals surface area contributed by atoms with Crippen molar-refractivity contribution in [3.63, 3.8) is 0 Å². The van der Waals surface area contributed by atoms with Gasteiger partial charge in [0.1, 0.15) is 0 Å². The lowest BCUT2D eigenvalue weighted by atomic mass is 9.96. The summed E-state index contributed by atoms with van der Waals surface area (Å²) in [5.74, 6) is 6.72. The number of hydrogen-bond donors (Lipinski definition) is 1. The topological polar surface area (TPSA) is 38.0 Å². The highest BCUT2D eigenvalue weighted by Crippen LogP contribution is 2.31. The van der Waals surface area contributed by atoms with Gasteiger partial charge in [-0.1, -0.05) is 72.0 Å². The fourth-order valence-corrected chi connectivity index (χ4v) is 3.34. The van der Waals surface area contributed by atoms with Gasteiger partial charge in [-0.25, -0.2) is 4.98 Å². The molecule has 1 aliphatic rings. The van der Waals surface area contributed by atoms with Gasteiger partial charge in [-0.3, -0.25) is 0 Å². The number of aryl methyl sites for hydroxylation is 1. The summed E-state index contributed by atoms with van der Waals surface area (Å²) in [7, 11) is 1.78. The van der Waals surface area contributed by atoms with E-state index < -0.39 is 0 Å². The summed E-state index contributed by atoms with van der Waals surface area (Å²) in [6.07, 6.45) is 6.79. The van der Waals surface area contributed by atoms with Gasteiger partial charge in [0.25, 0.3) is 0 Å². The predicted octanol–water partition coefficient (Wildman–Crippen LogP) is 5.06. The minimum Gasteiger partial charge on any atom is -0.494 e. The molecule has 0 spiro atoms. The van der Waals surface area contributed by atoms with Gasteiger partial charge in [-0.05, 0) is 17.2 Å². The van der Waals surface area contributed by atoms with Crippen molar-refractivity contribution < 1.29 is 5.11 Å². The molecule has 26 heavy (non-hydrogen) atoms. The first-order valence-electron chi connectivity index (χ1n) is 8.40. The standard InChI is InChI=1S/C22H17ClN2O/c1-25-20-13-18(23)22(24-19(20)14-21(25)26)17-10-6-5-9-16(11-12-17)15-7-3-2-4-8-15/h2-4,7-8,10-14,16,26H,6H2,1H3/b12-11-,17-10+.